The van der Waals surface area contributed by atoms with Gasteiger partial charge in [0.05, 0.1) is 6.54 Å². The van der Waals surface area contributed by atoms with Crippen LogP contribution < -0.4 is 10.6 Å². The Morgan fingerprint density at radius 1 is 0.882 bits per heavy atom. The van der Waals surface area contributed by atoms with E-state index in [1.807, 2.05) is 12.1 Å². The highest BCUT2D eigenvalue weighted by atomic mass is 16.2. The van der Waals surface area contributed by atoms with Crippen LogP contribution in [-0.2, 0) is 9.59 Å². The number of hydrogen-bond donors (Lipinski definition) is 2. The lowest BCUT2D eigenvalue weighted by Gasteiger charge is -2.36. The molecular formula is C25H33N5O4. The van der Waals surface area contributed by atoms with Crippen LogP contribution in [0, 0.1) is 0 Å². The van der Waals surface area contributed by atoms with E-state index in [-0.39, 0.29) is 42.4 Å². The van der Waals surface area contributed by atoms with Crippen molar-refractivity contribution in [3.8, 4) is 0 Å². The molecule has 2 aliphatic carbocycles. The minimum Gasteiger partial charge on any atom is -0.345 e. The summed E-state index contributed by atoms with van der Waals surface area (Å²) in [7, 11) is 0. The summed E-state index contributed by atoms with van der Waals surface area (Å²) in [6, 6.07) is 6.85. The molecule has 34 heavy (non-hydrogen) atoms. The van der Waals surface area contributed by atoms with E-state index in [0.29, 0.717) is 37.3 Å². The summed E-state index contributed by atoms with van der Waals surface area (Å²) in [5.74, 6) is -0.590. The van der Waals surface area contributed by atoms with Gasteiger partial charge in [-0.3, -0.25) is 14.4 Å². The van der Waals surface area contributed by atoms with Crippen LogP contribution in [0.2, 0.25) is 0 Å². The Morgan fingerprint density at radius 3 is 2.26 bits per heavy atom. The summed E-state index contributed by atoms with van der Waals surface area (Å²) in [6.07, 6.45) is 7.46. The lowest BCUT2D eigenvalue weighted by molar-refractivity contribution is -0.135. The van der Waals surface area contributed by atoms with Crippen molar-refractivity contribution in [2.24, 2.45) is 0 Å². The molecule has 4 aliphatic rings. The molecule has 2 saturated carbocycles. The fourth-order valence-corrected chi connectivity index (χ4v) is 5.38. The van der Waals surface area contributed by atoms with E-state index in [1.54, 1.807) is 26.8 Å². The largest absolute Gasteiger partial charge is 0.345 e. The second kappa shape index (κ2) is 9.64. The van der Waals surface area contributed by atoms with Crippen molar-refractivity contribution in [1.82, 2.24) is 25.3 Å². The molecule has 0 radical (unpaired) electrons. The Balaban J connectivity index is 1.11. The van der Waals surface area contributed by atoms with Crippen molar-refractivity contribution in [3.63, 3.8) is 0 Å². The number of benzene rings is 1. The van der Waals surface area contributed by atoms with Crippen LogP contribution in [0.5, 0.6) is 0 Å². The fourth-order valence-electron chi connectivity index (χ4n) is 5.38. The van der Waals surface area contributed by atoms with Gasteiger partial charge in [-0.05, 0) is 37.3 Å². The molecule has 0 bridgehead atoms. The summed E-state index contributed by atoms with van der Waals surface area (Å²) in [4.78, 5) is 56.3. The third kappa shape index (κ3) is 4.60. The molecule has 3 fully saturated rings. The van der Waals surface area contributed by atoms with E-state index in [4.69, 9.17) is 0 Å². The van der Waals surface area contributed by atoms with Crippen molar-refractivity contribution in [2.45, 2.75) is 63.1 Å². The Hall–Kier alpha value is -3.10. The summed E-state index contributed by atoms with van der Waals surface area (Å²) in [5.41, 5.74) is 1.28. The molecule has 1 saturated heterocycles. The number of amides is 5. The van der Waals surface area contributed by atoms with Crippen molar-refractivity contribution in [3.05, 3.63) is 35.4 Å². The zero-order valence-electron chi connectivity index (χ0n) is 19.5. The zero-order chi connectivity index (χ0) is 23.7. The molecule has 9 nitrogen and oxygen atoms in total. The van der Waals surface area contributed by atoms with Gasteiger partial charge in [-0.2, -0.15) is 0 Å². The lowest BCUT2D eigenvalue weighted by atomic mass is 9.96. The molecule has 1 aromatic rings. The van der Waals surface area contributed by atoms with Gasteiger partial charge in [0.15, 0.2) is 0 Å². The molecule has 5 rings (SSSR count). The van der Waals surface area contributed by atoms with Crippen molar-refractivity contribution >= 4 is 23.8 Å². The minimum atomic E-state index is -0.677. The maximum atomic E-state index is 13.1. The summed E-state index contributed by atoms with van der Waals surface area (Å²) >= 11 is 0. The molecule has 1 atom stereocenters. The van der Waals surface area contributed by atoms with Crippen LogP contribution in [-0.4, -0.2) is 83.3 Å². The average Bonchev–Trinajstić information content (AvgIpc) is 3.66. The van der Waals surface area contributed by atoms with Crippen LogP contribution in [0.15, 0.2) is 24.3 Å². The Labute approximate surface area is 199 Å². The maximum absolute atomic E-state index is 13.1. The fraction of sp³-hybridized carbons (Fsp3) is 0.600. The second-order valence-electron chi connectivity index (χ2n) is 9.80. The Morgan fingerprint density at radius 2 is 1.56 bits per heavy atom. The first kappa shape index (κ1) is 22.7. The Kier molecular flexibility index (Phi) is 6.43. The topological polar surface area (TPSA) is 102 Å². The molecule has 1 aromatic carbocycles. The molecule has 2 aliphatic heterocycles. The third-order valence-electron chi connectivity index (χ3n) is 7.45. The second-order valence-corrected chi connectivity index (χ2v) is 9.80. The minimum absolute atomic E-state index is 0.0444. The van der Waals surface area contributed by atoms with Gasteiger partial charge < -0.3 is 25.3 Å². The van der Waals surface area contributed by atoms with Gasteiger partial charge in [-0.1, -0.05) is 37.5 Å². The Bertz CT molecular complexity index is 964. The lowest BCUT2D eigenvalue weighted by Crippen LogP contribution is -2.56. The highest BCUT2D eigenvalue weighted by Gasteiger charge is 2.47. The summed E-state index contributed by atoms with van der Waals surface area (Å²) in [5, 5.41) is 5.90. The average molecular weight is 468 g/mol. The van der Waals surface area contributed by atoms with Crippen LogP contribution >= 0.6 is 0 Å². The summed E-state index contributed by atoms with van der Waals surface area (Å²) in [6.45, 7) is 1.76. The molecule has 182 valence electrons. The molecule has 0 spiro atoms. The first-order chi connectivity index (χ1) is 16.5. The van der Waals surface area contributed by atoms with Crippen molar-refractivity contribution in [2.75, 3.05) is 32.7 Å². The molecular weight excluding hydrogens is 434 g/mol. The van der Waals surface area contributed by atoms with E-state index < -0.39 is 6.04 Å². The van der Waals surface area contributed by atoms with Gasteiger partial charge in [0.2, 0.25) is 11.8 Å². The van der Waals surface area contributed by atoms with Gasteiger partial charge in [-0.25, -0.2) is 4.79 Å². The predicted octanol–water partition coefficient (Wildman–Crippen LogP) is 1.65. The number of urea groups is 1. The quantitative estimate of drug-likeness (QED) is 0.687. The molecule has 1 unspecified atom stereocenters. The molecule has 5 amide bonds. The number of nitrogens with zero attached hydrogens (tertiary/aromatic N) is 3. The van der Waals surface area contributed by atoms with E-state index >= 15 is 0 Å². The SMILES string of the molecule is O=C(NCC(=O)N1CCN(C(=O)NC2CCCCC2)CC1)C1c2ccccc2C(=O)N1C1CC1. The van der Waals surface area contributed by atoms with Crippen LogP contribution in [0.3, 0.4) is 0 Å². The van der Waals surface area contributed by atoms with Crippen LogP contribution in [0.1, 0.15) is 66.9 Å². The van der Waals surface area contributed by atoms with E-state index in [2.05, 4.69) is 10.6 Å². The van der Waals surface area contributed by atoms with Crippen LogP contribution in [0.4, 0.5) is 4.79 Å². The van der Waals surface area contributed by atoms with Gasteiger partial charge >= 0.3 is 6.03 Å². The van der Waals surface area contributed by atoms with E-state index in [9.17, 15) is 19.2 Å². The smallest absolute Gasteiger partial charge is 0.317 e. The van der Waals surface area contributed by atoms with E-state index in [0.717, 1.165) is 38.5 Å². The molecule has 0 aromatic heterocycles. The van der Waals surface area contributed by atoms with Crippen LogP contribution in [0.25, 0.3) is 0 Å². The molecule has 2 N–H and O–H groups in total. The van der Waals surface area contributed by atoms with E-state index in [1.165, 1.54) is 6.42 Å². The summed E-state index contributed by atoms with van der Waals surface area (Å²) < 4.78 is 0. The van der Waals surface area contributed by atoms with Gasteiger partial charge in [0, 0.05) is 43.8 Å². The number of carbonyl (C=O) groups is 4. The first-order valence-electron chi connectivity index (χ1n) is 12.6. The zero-order valence-corrected chi connectivity index (χ0v) is 19.5. The monoisotopic (exact) mass is 467 g/mol. The van der Waals surface area contributed by atoms with Gasteiger partial charge in [0.1, 0.15) is 6.04 Å². The number of carbonyl (C=O) groups excluding carboxylic acids is 4. The standard InChI is InChI=1S/C25H33N5O4/c31-21(28-12-14-29(15-13-28)25(34)27-17-6-2-1-3-7-17)16-26-23(32)22-19-8-4-5-9-20(19)24(33)30(22)18-10-11-18/h4-5,8-9,17-18,22H,1-3,6-7,10-16H2,(H,26,32)(H,27,34). The third-order valence-corrected chi connectivity index (χ3v) is 7.45. The number of nitrogens with one attached hydrogen (secondary N) is 2. The van der Waals surface area contributed by atoms with Gasteiger partial charge in [-0.15, -0.1) is 0 Å². The normalized spacial score (nSPS) is 23.0. The highest BCUT2D eigenvalue weighted by molar-refractivity contribution is 6.05. The molecule has 2 heterocycles. The predicted molar refractivity (Wildman–Crippen MR) is 125 cm³/mol. The number of rotatable bonds is 5. The van der Waals surface area contributed by atoms with Crippen molar-refractivity contribution < 1.29 is 19.2 Å². The number of piperazine rings is 1. The maximum Gasteiger partial charge on any atom is 0.317 e. The number of hydrogen-bond acceptors (Lipinski definition) is 4. The van der Waals surface area contributed by atoms with Gasteiger partial charge in [0.25, 0.3) is 5.91 Å². The first-order valence-corrected chi connectivity index (χ1v) is 12.6. The van der Waals surface area contributed by atoms with Crippen molar-refractivity contribution in [1.29, 1.82) is 0 Å². The highest BCUT2D eigenvalue weighted by Crippen LogP contribution is 2.41. The molecule has 9 heteroatoms. The number of fused-ring (bicyclic) bond motifs is 1.